The molecule has 1 aromatic heterocycles. The molecule has 0 bridgehead atoms. The number of amides is 2. The maximum Gasteiger partial charge on any atom is 0.275 e. The van der Waals surface area contributed by atoms with Crippen LogP contribution in [-0.4, -0.2) is 34.4 Å². The van der Waals surface area contributed by atoms with Crippen molar-refractivity contribution in [2.45, 2.75) is 38.8 Å². The van der Waals surface area contributed by atoms with Crippen molar-refractivity contribution < 1.29 is 14.3 Å². The summed E-state index contributed by atoms with van der Waals surface area (Å²) >= 11 is 0. The van der Waals surface area contributed by atoms with Crippen LogP contribution in [-0.2, 0) is 9.53 Å². The third-order valence-electron chi connectivity index (χ3n) is 4.26. The summed E-state index contributed by atoms with van der Waals surface area (Å²) in [7, 11) is 0. The van der Waals surface area contributed by atoms with E-state index in [1.165, 1.54) is 13.1 Å². The monoisotopic (exact) mass is 354 g/mol. The van der Waals surface area contributed by atoms with Crippen molar-refractivity contribution in [2.24, 2.45) is 0 Å². The highest BCUT2D eigenvalue weighted by Crippen LogP contribution is 2.33. The molecule has 2 atom stereocenters. The summed E-state index contributed by atoms with van der Waals surface area (Å²) < 4.78 is 5.89. The summed E-state index contributed by atoms with van der Waals surface area (Å²) in [5.74, 6) is -0.366. The van der Waals surface area contributed by atoms with Gasteiger partial charge >= 0.3 is 0 Å². The average molecular weight is 354 g/mol. The van der Waals surface area contributed by atoms with Crippen molar-refractivity contribution in [3.8, 4) is 0 Å². The van der Waals surface area contributed by atoms with E-state index in [1.807, 2.05) is 31.2 Å². The highest BCUT2D eigenvalue weighted by atomic mass is 16.5. The number of nitrogens with one attached hydrogen (secondary N) is 2. The lowest BCUT2D eigenvalue weighted by atomic mass is 9.96. The number of ether oxygens (including phenoxy) is 1. The molecule has 0 aliphatic carbocycles. The van der Waals surface area contributed by atoms with E-state index in [1.54, 1.807) is 6.20 Å². The van der Waals surface area contributed by atoms with Crippen molar-refractivity contribution in [3.63, 3.8) is 0 Å². The van der Waals surface area contributed by atoms with E-state index in [0.717, 1.165) is 17.7 Å². The predicted molar refractivity (Wildman–Crippen MR) is 96.7 cm³/mol. The Bertz CT molecular complexity index is 792. The van der Waals surface area contributed by atoms with Crippen LogP contribution in [0.5, 0.6) is 0 Å². The van der Waals surface area contributed by atoms with Gasteiger partial charge in [0.25, 0.3) is 5.91 Å². The van der Waals surface area contributed by atoms with Crippen LogP contribution >= 0.6 is 0 Å². The fourth-order valence-corrected chi connectivity index (χ4v) is 3.02. The molecule has 1 saturated heterocycles. The van der Waals surface area contributed by atoms with Crippen LogP contribution in [0.4, 0.5) is 5.69 Å². The van der Waals surface area contributed by atoms with Gasteiger partial charge < -0.3 is 15.4 Å². The third-order valence-corrected chi connectivity index (χ3v) is 4.26. The van der Waals surface area contributed by atoms with Gasteiger partial charge in [0.05, 0.1) is 18.0 Å². The summed E-state index contributed by atoms with van der Waals surface area (Å²) in [5, 5.41) is 5.84. The van der Waals surface area contributed by atoms with Gasteiger partial charge in [0.2, 0.25) is 5.91 Å². The zero-order valence-electron chi connectivity index (χ0n) is 14.9. The van der Waals surface area contributed by atoms with Crippen molar-refractivity contribution in [1.29, 1.82) is 0 Å². The third kappa shape index (κ3) is 4.43. The molecular weight excluding hydrogens is 332 g/mol. The normalized spacial score (nSPS) is 19.6. The van der Waals surface area contributed by atoms with Crippen LogP contribution in [0, 0.1) is 6.92 Å². The summed E-state index contributed by atoms with van der Waals surface area (Å²) in [4.78, 5) is 32.0. The van der Waals surface area contributed by atoms with E-state index in [4.69, 9.17) is 4.74 Å². The molecule has 2 aromatic rings. The van der Waals surface area contributed by atoms with E-state index >= 15 is 0 Å². The molecule has 2 N–H and O–H groups in total. The van der Waals surface area contributed by atoms with Crippen LogP contribution in [0.2, 0.25) is 0 Å². The quantitative estimate of drug-likeness (QED) is 0.879. The Labute approximate surface area is 152 Å². The second-order valence-electron chi connectivity index (χ2n) is 6.37. The minimum Gasteiger partial charge on any atom is -0.373 e. The van der Waals surface area contributed by atoms with Crippen LogP contribution in [0.15, 0.2) is 36.7 Å². The lowest BCUT2D eigenvalue weighted by molar-refractivity contribution is -0.120. The number of para-hydroxylation sites is 1. The molecule has 0 saturated carbocycles. The van der Waals surface area contributed by atoms with E-state index in [2.05, 4.69) is 20.6 Å². The number of carbonyl (C=O) groups is 2. The van der Waals surface area contributed by atoms with Gasteiger partial charge in [-0.05, 0) is 25.8 Å². The maximum atomic E-state index is 12.5. The molecule has 26 heavy (non-hydrogen) atoms. The number of anilines is 1. The Morgan fingerprint density at radius 3 is 2.73 bits per heavy atom. The van der Waals surface area contributed by atoms with Crippen molar-refractivity contribution in [1.82, 2.24) is 15.3 Å². The number of aromatic nitrogens is 2. The molecule has 2 amide bonds. The van der Waals surface area contributed by atoms with E-state index in [-0.39, 0.29) is 29.7 Å². The second-order valence-corrected chi connectivity index (χ2v) is 6.37. The van der Waals surface area contributed by atoms with Crippen molar-refractivity contribution >= 4 is 17.5 Å². The molecule has 1 aliphatic heterocycles. The first-order valence-electron chi connectivity index (χ1n) is 8.60. The molecule has 0 spiro atoms. The Morgan fingerprint density at radius 1 is 1.19 bits per heavy atom. The van der Waals surface area contributed by atoms with Gasteiger partial charge in [-0.2, -0.15) is 0 Å². The minimum atomic E-state index is -0.320. The fourth-order valence-electron chi connectivity index (χ4n) is 3.02. The molecule has 2 heterocycles. The first-order valence-corrected chi connectivity index (χ1v) is 8.60. The number of benzene rings is 1. The summed E-state index contributed by atoms with van der Waals surface area (Å²) in [6.07, 6.45) is 4.27. The van der Waals surface area contributed by atoms with Gasteiger partial charge in [0, 0.05) is 37.0 Å². The van der Waals surface area contributed by atoms with Gasteiger partial charge in [-0.25, -0.2) is 4.98 Å². The molecule has 1 fully saturated rings. The van der Waals surface area contributed by atoms with Gasteiger partial charge in [0.1, 0.15) is 5.69 Å². The largest absolute Gasteiger partial charge is 0.373 e. The molecule has 7 nitrogen and oxygen atoms in total. The van der Waals surface area contributed by atoms with E-state index < -0.39 is 0 Å². The van der Waals surface area contributed by atoms with Gasteiger partial charge in [-0.15, -0.1) is 0 Å². The number of nitrogens with zero attached hydrogens (tertiary/aromatic N) is 2. The van der Waals surface area contributed by atoms with Crippen LogP contribution < -0.4 is 10.6 Å². The molecule has 7 heteroatoms. The number of rotatable bonds is 4. The highest BCUT2D eigenvalue weighted by molar-refractivity contribution is 6.03. The zero-order valence-corrected chi connectivity index (χ0v) is 14.9. The van der Waals surface area contributed by atoms with Crippen LogP contribution in [0.3, 0.4) is 0 Å². The van der Waals surface area contributed by atoms with E-state index in [0.29, 0.717) is 18.7 Å². The highest BCUT2D eigenvalue weighted by Gasteiger charge is 2.26. The minimum absolute atomic E-state index is 0.0461. The maximum absolute atomic E-state index is 12.5. The first-order chi connectivity index (χ1) is 12.5. The molecule has 3 rings (SSSR count). The van der Waals surface area contributed by atoms with Gasteiger partial charge in [-0.1, -0.05) is 18.2 Å². The summed E-state index contributed by atoms with van der Waals surface area (Å²) in [6.45, 7) is 3.89. The topological polar surface area (TPSA) is 93.2 Å². The average Bonchev–Trinajstić information content (AvgIpc) is 2.62. The molecule has 136 valence electrons. The Kier molecular flexibility index (Phi) is 5.58. The molecule has 0 radical (unpaired) electrons. The van der Waals surface area contributed by atoms with Crippen LogP contribution in [0.25, 0.3) is 0 Å². The lowest BCUT2D eigenvalue weighted by Gasteiger charge is -2.31. The lowest BCUT2D eigenvalue weighted by Crippen LogP contribution is -2.38. The standard InChI is InChI=1S/C19H22N4O3/c1-12-10-21-17(11-20-12)19(25)23-16-6-4-3-5-15(16)18-9-14(7-8-26-18)22-13(2)24/h3-6,10-11,14,18H,7-9H2,1-2H3,(H,22,24)(H,23,25)/t14-,18+/m1/s1. The summed E-state index contributed by atoms with van der Waals surface area (Å²) in [5.41, 5.74) is 2.57. The Morgan fingerprint density at radius 2 is 2.00 bits per heavy atom. The molecule has 1 aliphatic rings. The molecule has 1 aromatic carbocycles. The Hall–Kier alpha value is -2.80. The first kappa shape index (κ1) is 18.0. The number of hydrogen-bond donors (Lipinski definition) is 2. The van der Waals surface area contributed by atoms with Crippen molar-refractivity contribution in [2.75, 3.05) is 11.9 Å². The predicted octanol–water partition coefficient (Wildman–Crippen LogP) is 2.39. The molecular formula is C19H22N4O3. The Balaban J connectivity index is 1.76. The van der Waals surface area contributed by atoms with Gasteiger partial charge in [0.15, 0.2) is 0 Å². The second kappa shape index (κ2) is 8.05. The zero-order chi connectivity index (χ0) is 18.5. The van der Waals surface area contributed by atoms with Crippen LogP contribution in [0.1, 0.15) is 47.6 Å². The number of hydrogen-bond acceptors (Lipinski definition) is 5. The van der Waals surface area contributed by atoms with Gasteiger partial charge in [-0.3, -0.25) is 14.6 Å². The van der Waals surface area contributed by atoms with E-state index in [9.17, 15) is 9.59 Å². The fraction of sp³-hybridized carbons (Fsp3) is 0.368. The number of carbonyl (C=O) groups excluding carboxylic acids is 2. The van der Waals surface area contributed by atoms with Crippen molar-refractivity contribution in [3.05, 3.63) is 53.6 Å². The SMILES string of the molecule is CC(=O)N[C@@H]1CCO[C@H](c2ccccc2NC(=O)c2cnc(C)cn2)C1. The summed E-state index contributed by atoms with van der Waals surface area (Å²) in [6, 6.07) is 7.59. The number of aryl methyl sites for hydroxylation is 1. The smallest absolute Gasteiger partial charge is 0.275 e. The molecule has 0 unspecified atom stereocenters.